The van der Waals surface area contributed by atoms with Crippen LogP contribution in [0.25, 0.3) is 0 Å². The summed E-state index contributed by atoms with van der Waals surface area (Å²) in [6, 6.07) is 0.636. The normalized spacial score (nSPS) is 22.4. The highest BCUT2D eigenvalue weighted by Crippen LogP contribution is 2.07. The highest BCUT2D eigenvalue weighted by Gasteiger charge is 2.18. The molecular formula is C11H20N4. The fraction of sp³-hybridized carbons (Fsp3) is 0.727. The van der Waals surface area contributed by atoms with Crippen LogP contribution in [0, 0.1) is 0 Å². The van der Waals surface area contributed by atoms with E-state index in [1.807, 2.05) is 12.4 Å². The second kappa shape index (κ2) is 4.77. The molecule has 1 aliphatic rings. The molecule has 0 aliphatic carbocycles. The molecule has 0 spiro atoms. The van der Waals surface area contributed by atoms with Gasteiger partial charge in [0.05, 0.1) is 6.54 Å². The van der Waals surface area contributed by atoms with Crippen molar-refractivity contribution >= 4 is 0 Å². The average molecular weight is 208 g/mol. The molecule has 4 nitrogen and oxygen atoms in total. The summed E-state index contributed by atoms with van der Waals surface area (Å²) in [7, 11) is 2.18. The van der Waals surface area contributed by atoms with Crippen LogP contribution >= 0.6 is 0 Å². The van der Waals surface area contributed by atoms with Crippen LogP contribution < -0.4 is 5.32 Å². The van der Waals surface area contributed by atoms with Crippen LogP contribution in [-0.4, -0.2) is 40.6 Å². The molecular weight excluding hydrogens is 188 g/mol. The monoisotopic (exact) mass is 208 g/mol. The third-order valence-electron chi connectivity index (χ3n) is 3.08. The lowest BCUT2D eigenvalue weighted by atomic mass is 10.2. The molecule has 2 rings (SSSR count). The van der Waals surface area contributed by atoms with E-state index in [4.69, 9.17) is 0 Å². The van der Waals surface area contributed by atoms with Crippen molar-refractivity contribution in [3.8, 4) is 0 Å². The first-order valence-electron chi connectivity index (χ1n) is 5.71. The van der Waals surface area contributed by atoms with E-state index in [1.54, 1.807) is 0 Å². The van der Waals surface area contributed by atoms with E-state index in [9.17, 15) is 0 Å². The molecule has 0 bridgehead atoms. The van der Waals surface area contributed by atoms with Crippen LogP contribution in [-0.2, 0) is 13.1 Å². The third-order valence-corrected chi connectivity index (χ3v) is 3.08. The van der Waals surface area contributed by atoms with Gasteiger partial charge in [0.1, 0.15) is 5.82 Å². The van der Waals surface area contributed by atoms with Gasteiger partial charge >= 0.3 is 0 Å². The molecule has 1 aromatic rings. The number of nitrogens with zero attached hydrogens (tertiary/aromatic N) is 3. The molecule has 84 valence electrons. The molecule has 15 heavy (non-hydrogen) atoms. The fourth-order valence-electron chi connectivity index (χ4n) is 2.13. The van der Waals surface area contributed by atoms with Gasteiger partial charge in [-0.1, -0.05) is 0 Å². The summed E-state index contributed by atoms with van der Waals surface area (Å²) < 4.78 is 2.19. The molecule has 1 N–H and O–H groups in total. The van der Waals surface area contributed by atoms with Gasteiger partial charge < -0.3 is 14.8 Å². The molecule has 1 aromatic heterocycles. The Morgan fingerprint density at radius 2 is 2.47 bits per heavy atom. The first-order valence-corrected chi connectivity index (χ1v) is 5.71. The maximum atomic E-state index is 4.35. The van der Waals surface area contributed by atoms with Crippen LogP contribution in [0.3, 0.4) is 0 Å². The van der Waals surface area contributed by atoms with Crippen LogP contribution in [0.4, 0.5) is 0 Å². The third kappa shape index (κ3) is 2.58. The molecule has 0 aromatic carbocycles. The molecule has 2 heterocycles. The molecule has 4 heteroatoms. The van der Waals surface area contributed by atoms with E-state index in [1.165, 1.54) is 13.0 Å². The molecule has 1 aliphatic heterocycles. The van der Waals surface area contributed by atoms with E-state index < -0.39 is 0 Å². The molecule has 1 fully saturated rings. The molecule has 1 saturated heterocycles. The zero-order chi connectivity index (χ0) is 10.7. The molecule has 1 atom stereocenters. The standard InChI is InChI=1S/C11H20N4/c1-3-15-7-5-12-11(15)8-13-10-4-6-14(2)9-10/h5,7,10,13H,3-4,6,8-9H2,1-2H3. The first-order chi connectivity index (χ1) is 7.29. The summed E-state index contributed by atoms with van der Waals surface area (Å²) in [6.45, 7) is 6.40. The van der Waals surface area contributed by atoms with E-state index in [0.29, 0.717) is 6.04 Å². The van der Waals surface area contributed by atoms with Gasteiger partial charge in [0.25, 0.3) is 0 Å². The Balaban J connectivity index is 1.83. The Kier molecular flexibility index (Phi) is 3.38. The molecule has 1 unspecified atom stereocenters. The van der Waals surface area contributed by atoms with Gasteiger partial charge in [0, 0.05) is 31.5 Å². The van der Waals surface area contributed by atoms with Crippen molar-refractivity contribution < 1.29 is 0 Å². The number of likely N-dealkylation sites (N-methyl/N-ethyl adjacent to an activating group) is 1. The fourth-order valence-corrected chi connectivity index (χ4v) is 2.13. The van der Waals surface area contributed by atoms with Crippen molar-refractivity contribution in [3.63, 3.8) is 0 Å². The van der Waals surface area contributed by atoms with Crippen molar-refractivity contribution in [1.29, 1.82) is 0 Å². The second-order valence-corrected chi connectivity index (χ2v) is 4.26. The van der Waals surface area contributed by atoms with Gasteiger partial charge in [-0.25, -0.2) is 4.98 Å². The number of likely N-dealkylation sites (tertiary alicyclic amines) is 1. The highest BCUT2D eigenvalue weighted by atomic mass is 15.2. The van der Waals surface area contributed by atoms with E-state index in [0.717, 1.165) is 25.5 Å². The average Bonchev–Trinajstić information content (AvgIpc) is 2.83. The van der Waals surface area contributed by atoms with Gasteiger partial charge in [-0.05, 0) is 26.9 Å². The summed E-state index contributed by atoms with van der Waals surface area (Å²) >= 11 is 0. The summed E-state index contributed by atoms with van der Waals surface area (Å²) in [5.41, 5.74) is 0. The molecule has 0 saturated carbocycles. The number of aryl methyl sites for hydroxylation is 1. The minimum Gasteiger partial charge on any atom is -0.334 e. The van der Waals surface area contributed by atoms with Crippen LogP contribution in [0.5, 0.6) is 0 Å². The van der Waals surface area contributed by atoms with Gasteiger partial charge in [-0.15, -0.1) is 0 Å². The molecule has 0 amide bonds. The summed E-state index contributed by atoms with van der Waals surface area (Å²) in [6.07, 6.45) is 5.17. The number of rotatable bonds is 4. The minimum absolute atomic E-state index is 0.636. The highest BCUT2D eigenvalue weighted by molar-refractivity contribution is 4.93. The Hall–Kier alpha value is -0.870. The number of nitrogens with one attached hydrogen (secondary N) is 1. The van der Waals surface area contributed by atoms with Crippen molar-refractivity contribution in [2.45, 2.75) is 32.5 Å². The van der Waals surface area contributed by atoms with Gasteiger partial charge in [-0.3, -0.25) is 0 Å². The maximum Gasteiger partial charge on any atom is 0.122 e. The first kappa shape index (κ1) is 10.6. The number of hydrogen-bond donors (Lipinski definition) is 1. The summed E-state index contributed by atoms with van der Waals surface area (Å²) in [4.78, 5) is 6.72. The SMILES string of the molecule is CCn1ccnc1CNC1CCN(C)C1. The topological polar surface area (TPSA) is 33.1 Å². The lowest BCUT2D eigenvalue weighted by Crippen LogP contribution is -2.31. The Labute approximate surface area is 91.3 Å². The zero-order valence-electron chi connectivity index (χ0n) is 9.61. The van der Waals surface area contributed by atoms with Crippen molar-refractivity contribution in [2.75, 3.05) is 20.1 Å². The predicted molar refractivity (Wildman–Crippen MR) is 60.6 cm³/mol. The Morgan fingerprint density at radius 1 is 1.60 bits per heavy atom. The van der Waals surface area contributed by atoms with E-state index in [-0.39, 0.29) is 0 Å². The number of hydrogen-bond acceptors (Lipinski definition) is 3. The lowest BCUT2D eigenvalue weighted by Gasteiger charge is -2.13. The predicted octanol–water partition coefficient (Wildman–Crippen LogP) is 0.697. The quantitative estimate of drug-likeness (QED) is 0.790. The molecule has 0 radical (unpaired) electrons. The van der Waals surface area contributed by atoms with Crippen molar-refractivity contribution in [2.24, 2.45) is 0 Å². The maximum absolute atomic E-state index is 4.35. The van der Waals surface area contributed by atoms with Crippen LogP contribution in [0.15, 0.2) is 12.4 Å². The van der Waals surface area contributed by atoms with Crippen LogP contribution in [0.2, 0.25) is 0 Å². The van der Waals surface area contributed by atoms with Crippen molar-refractivity contribution in [3.05, 3.63) is 18.2 Å². The van der Waals surface area contributed by atoms with E-state index >= 15 is 0 Å². The second-order valence-electron chi connectivity index (χ2n) is 4.26. The van der Waals surface area contributed by atoms with Crippen molar-refractivity contribution in [1.82, 2.24) is 19.8 Å². The van der Waals surface area contributed by atoms with E-state index in [2.05, 4.69) is 33.7 Å². The summed E-state index contributed by atoms with van der Waals surface area (Å²) in [5, 5.41) is 3.56. The summed E-state index contributed by atoms with van der Waals surface area (Å²) in [5.74, 6) is 1.15. The Morgan fingerprint density at radius 3 is 3.13 bits per heavy atom. The largest absolute Gasteiger partial charge is 0.334 e. The lowest BCUT2D eigenvalue weighted by molar-refractivity contribution is 0.396. The number of aromatic nitrogens is 2. The van der Waals surface area contributed by atoms with Crippen LogP contribution in [0.1, 0.15) is 19.2 Å². The zero-order valence-corrected chi connectivity index (χ0v) is 9.61. The van der Waals surface area contributed by atoms with Gasteiger partial charge in [0.15, 0.2) is 0 Å². The Bertz CT molecular complexity index is 307. The smallest absolute Gasteiger partial charge is 0.122 e. The van der Waals surface area contributed by atoms with Gasteiger partial charge in [0.2, 0.25) is 0 Å². The minimum atomic E-state index is 0.636. The number of imidazole rings is 1. The van der Waals surface area contributed by atoms with Gasteiger partial charge in [-0.2, -0.15) is 0 Å².